The second-order valence-corrected chi connectivity index (χ2v) is 8.29. The molecule has 92 valence electrons. The zero-order valence-corrected chi connectivity index (χ0v) is 13.7. The van der Waals surface area contributed by atoms with Gasteiger partial charge in [0, 0.05) is 15.8 Å². The molecule has 0 aromatic carbocycles. The molecule has 0 aliphatic heterocycles. The first-order valence-corrected chi connectivity index (χ1v) is 7.62. The van der Waals surface area contributed by atoms with Gasteiger partial charge in [-0.3, -0.25) is 0 Å². The predicted octanol–water partition coefficient (Wildman–Crippen LogP) is 2.89. The van der Waals surface area contributed by atoms with Crippen LogP contribution >= 0.6 is 0 Å². The van der Waals surface area contributed by atoms with Crippen molar-refractivity contribution in [2.75, 3.05) is 7.05 Å². The Morgan fingerprint density at radius 2 is 1.40 bits per heavy atom. The lowest BCUT2D eigenvalue weighted by atomic mass is 9.77. The van der Waals surface area contributed by atoms with Gasteiger partial charge in [0.2, 0.25) is 0 Å². The van der Waals surface area contributed by atoms with Gasteiger partial charge in [-0.1, -0.05) is 53.4 Å². The number of rotatable bonds is 8. The molecule has 0 saturated carbocycles. The van der Waals surface area contributed by atoms with Crippen LogP contribution in [-0.2, 0) is 0 Å². The van der Waals surface area contributed by atoms with Crippen molar-refractivity contribution >= 4 is 10.2 Å². The van der Waals surface area contributed by atoms with E-state index in [0.29, 0.717) is 10.6 Å². The van der Waals surface area contributed by atoms with Crippen LogP contribution in [0.15, 0.2) is 0 Å². The monoisotopic (exact) mass is 229 g/mol. The highest BCUT2D eigenvalue weighted by atomic mass is 28.1. The SMILES string of the molecule is CCCCC(CCCC)(NC)C(C)(C)[SiH3]. The Balaban J connectivity index is 4.60. The van der Waals surface area contributed by atoms with Gasteiger partial charge in [-0.25, -0.2) is 0 Å². The normalized spacial score (nSPS) is 13.4. The van der Waals surface area contributed by atoms with E-state index in [1.54, 1.807) is 0 Å². The fraction of sp³-hybridized carbons (Fsp3) is 1.00. The third-order valence-electron chi connectivity index (χ3n) is 3.83. The summed E-state index contributed by atoms with van der Waals surface area (Å²) >= 11 is 0. The van der Waals surface area contributed by atoms with Crippen molar-refractivity contribution in [2.45, 2.75) is 76.8 Å². The highest BCUT2D eigenvalue weighted by Gasteiger charge is 2.38. The Bertz CT molecular complexity index is 152. The van der Waals surface area contributed by atoms with Gasteiger partial charge in [-0.15, -0.1) is 0 Å². The number of unbranched alkanes of at least 4 members (excludes halogenated alkanes) is 2. The van der Waals surface area contributed by atoms with E-state index >= 15 is 0 Å². The second kappa shape index (κ2) is 6.69. The Hall–Kier alpha value is 0.177. The number of nitrogens with one attached hydrogen (secondary N) is 1. The summed E-state index contributed by atoms with van der Waals surface area (Å²) in [5.41, 5.74) is 0.394. The van der Waals surface area contributed by atoms with Crippen molar-refractivity contribution in [1.82, 2.24) is 5.32 Å². The third-order valence-corrected chi connectivity index (χ3v) is 4.79. The summed E-state index contributed by atoms with van der Waals surface area (Å²) in [7, 11) is 3.42. The van der Waals surface area contributed by atoms with E-state index in [9.17, 15) is 0 Å². The predicted molar refractivity (Wildman–Crippen MR) is 74.8 cm³/mol. The van der Waals surface area contributed by atoms with Crippen molar-refractivity contribution in [3.05, 3.63) is 0 Å². The van der Waals surface area contributed by atoms with E-state index in [1.807, 2.05) is 0 Å². The van der Waals surface area contributed by atoms with Crippen LogP contribution in [0, 0.1) is 0 Å². The molecule has 0 unspecified atom stereocenters. The van der Waals surface area contributed by atoms with Crippen molar-refractivity contribution < 1.29 is 0 Å². The quantitative estimate of drug-likeness (QED) is 0.631. The van der Waals surface area contributed by atoms with Gasteiger partial charge in [-0.2, -0.15) is 0 Å². The lowest BCUT2D eigenvalue weighted by Gasteiger charge is -2.46. The van der Waals surface area contributed by atoms with Gasteiger partial charge in [0.15, 0.2) is 0 Å². The van der Waals surface area contributed by atoms with Crippen LogP contribution in [0.3, 0.4) is 0 Å². The first-order chi connectivity index (χ1) is 6.93. The molecule has 0 aromatic rings. The summed E-state index contributed by atoms with van der Waals surface area (Å²) in [6.07, 6.45) is 8.03. The van der Waals surface area contributed by atoms with Gasteiger partial charge in [0.05, 0.1) is 0 Å². The zero-order valence-electron chi connectivity index (χ0n) is 11.7. The molecule has 0 saturated heterocycles. The van der Waals surface area contributed by atoms with Crippen LogP contribution in [0.2, 0.25) is 5.04 Å². The molecule has 0 aliphatic carbocycles. The Kier molecular flexibility index (Phi) is 6.77. The molecule has 2 heteroatoms. The van der Waals surface area contributed by atoms with Crippen molar-refractivity contribution in [2.24, 2.45) is 0 Å². The Morgan fingerprint density at radius 1 is 1.00 bits per heavy atom. The summed E-state index contributed by atoms with van der Waals surface area (Å²) in [6, 6.07) is 0. The summed E-state index contributed by atoms with van der Waals surface area (Å²) in [4.78, 5) is 0. The number of hydrogen-bond donors (Lipinski definition) is 1. The van der Waals surface area contributed by atoms with Crippen LogP contribution in [-0.4, -0.2) is 22.8 Å². The van der Waals surface area contributed by atoms with Crippen LogP contribution in [0.5, 0.6) is 0 Å². The molecule has 0 aromatic heterocycles. The van der Waals surface area contributed by atoms with Crippen LogP contribution in [0.1, 0.15) is 66.2 Å². The van der Waals surface area contributed by atoms with Crippen molar-refractivity contribution in [3.8, 4) is 0 Å². The summed E-state index contributed by atoms with van der Waals surface area (Å²) in [6.45, 7) is 9.45. The first-order valence-electron chi connectivity index (χ1n) is 6.62. The Morgan fingerprint density at radius 3 is 1.60 bits per heavy atom. The van der Waals surface area contributed by atoms with Crippen LogP contribution in [0.4, 0.5) is 0 Å². The van der Waals surface area contributed by atoms with Crippen molar-refractivity contribution in [1.29, 1.82) is 0 Å². The average molecular weight is 229 g/mol. The molecule has 1 N–H and O–H groups in total. The molecule has 15 heavy (non-hydrogen) atoms. The zero-order chi connectivity index (χ0) is 11.9. The van der Waals surface area contributed by atoms with E-state index < -0.39 is 0 Å². The minimum atomic E-state index is 0.394. The molecule has 0 spiro atoms. The first kappa shape index (κ1) is 15.2. The third kappa shape index (κ3) is 4.27. The van der Waals surface area contributed by atoms with Gasteiger partial charge in [-0.05, 0) is 24.9 Å². The minimum Gasteiger partial charge on any atom is -0.314 e. The molecular weight excluding hydrogens is 198 g/mol. The van der Waals surface area contributed by atoms with Gasteiger partial charge in [0.25, 0.3) is 0 Å². The standard InChI is InChI=1S/C13H31NSi/c1-6-8-10-13(14-5,11-9-7-2)12(3,4)15/h14H,6-11H2,1-5,15H3. The molecule has 0 bridgehead atoms. The molecule has 0 fully saturated rings. The van der Waals surface area contributed by atoms with E-state index in [4.69, 9.17) is 0 Å². The molecule has 0 heterocycles. The largest absolute Gasteiger partial charge is 0.314 e. The summed E-state index contributed by atoms with van der Waals surface area (Å²) in [5.74, 6) is 0. The molecule has 1 nitrogen and oxygen atoms in total. The fourth-order valence-electron chi connectivity index (χ4n) is 2.46. The molecule has 0 amide bonds. The molecule has 0 rings (SSSR count). The fourth-order valence-corrected chi connectivity index (χ4v) is 3.21. The summed E-state index contributed by atoms with van der Waals surface area (Å²) < 4.78 is 0. The van der Waals surface area contributed by atoms with Gasteiger partial charge >= 0.3 is 0 Å². The highest BCUT2D eigenvalue weighted by molar-refractivity contribution is 6.15. The smallest absolute Gasteiger partial charge is 0.0196 e. The maximum atomic E-state index is 3.66. The van der Waals surface area contributed by atoms with Gasteiger partial charge < -0.3 is 5.32 Å². The highest BCUT2D eigenvalue weighted by Crippen LogP contribution is 2.41. The molecule has 0 radical (unpaired) electrons. The van der Waals surface area contributed by atoms with E-state index in [2.05, 4.69) is 40.1 Å². The number of hydrogen-bond acceptors (Lipinski definition) is 1. The summed E-state index contributed by atoms with van der Waals surface area (Å²) in [5, 5.41) is 4.15. The Labute approximate surface area is 99.8 Å². The second-order valence-electron chi connectivity index (χ2n) is 5.79. The van der Waals surface area contributed by atoms with Crippen LogP contribution < -0.4 is 5.32 Å². The average Bonchev–Trinajstić information content (AvgIpc) is 2.17. The van der Waals surface area contributed by atoms with Crippen LogP contribution in [0.25, 0.3) is 0 Å². The lowest BCUT2D eigenvalue weighted by molar-refractivity contribution is 0.219. The van der Waals surface area contributed by atoms with E-state index in [1.165, 1.54) is 48.8 Å². The van der Waals surface area contributed by atoms with E-state index in [-0.39, 0.29) is 0 Å². The maximum absolute atomic E-state index is 3.66. The molecule has 0 aliphatic rings. The topological polar surface area (TPSA) is 12.0 Å². The minimum absolute atomic E-state index is 0.394. The lowest BCUT2D eigenvalue weighted by Crippen LogP contribution is -2.51. The van der Waals surface area contributed by atoms with E-state index in [0.717, 1.165) is 0 Å². The van der Waals surface area contributed by atoms with Crippen molar-refractivity contribution in [3.63, 3.8) is 0 Å². The maximum Gasteiger partial charge on any atom is 0.0196 e. The molecular formula is C13H31NSi. The van der Waals surface area contributed by atoms with Gasteiger partial charge in [0.1, 0.15) is 0 Å². The molecule has 0 atom stereocenters.